The Morgan fingerprint density at radius 1 is 1.39 bits per heavy atom. The molecule has 0 bridgehead atoms. The van der Waals surface area contributed by atoms with Gasteiger partial charge in [0.05, 0.1) is 18.7 Å². The molecule has 0 saturated heterocycles. The second kappa shape index (κ2) is 7.33. The normalized spacial score (nSPS) is 12.1. The number of ether oxygens (including phenoxy) is 1. The van der Waals surface area contributed by atoms with Crippen molar-refractivity contribution < 1.29 is 4.74 Å². The fraction of sp³-hybridized carbons (Fsp3) is 0.294. The molecule has 1 aromatic heterocycles. The lowest BCUT2D eigenvalue weighted by molar-refractivity contribution is 0.415. The Hall–Kier alpha value is -2.27. The number of nitrogens with two attached hydrogens (primary N) is 1. The summed E-state index contributed by atoms with van der Waals surface area (Å²) in [7, 11) is 1.57. The highest BCUT2D eigenvalue weighted by atomic mass is 35.5. The molecule has 0 aliphatic carbocycles. The van der Waals surface area contributed by atoms with Gasteiger partial charge in [0, 0.05) is 23.5 Å². The summed E-state index contributed by atoms with van der Waals surface area (Å²) < 4.78 is 5.12. The van der Waals surface area contributed by atoms with Gasteiger partial charge in [0.1, 0.15) is 5.75 Å². The van der Waals surface area contributed by atoms with Crippen LogP contribution in [-0.4, -0.2) is 24.6 Å². The number of aliphatic imine (C=N–C) groups is 1. The van der Waals surface area contributed by atoms with Gasteiger partial charge in [0.2, 0.25) is 0 Å². The van der Waals surface area contributed by atoms with Crippen LogP contribution in [0.2, 0.25) is 5.02 Å². The smallest absolute Gasteiger partial charge is 0.193 e. The Bertz CT molecular complexity index is 686. The van der Waals surface area contributed by atoms with Crippen molar-refractivity contribution in [3.63, 3.8) is 0 Å². The highest BCUT2D eigenvalue weighted by molar-refractivity contribution is 6.32. The van der Waals surface area contributed by atoms with Crippen molar-refractivity contribution >= 4 is 23.2 Å². The first-order valence-electron chi connectivity index (χ1n) is 7.23. The zero-order valence-electron chi connectivity index (χ0n) is 13.5. The Morgan fingerprint density at radius 2 is 2.17 bits per heavy atom. The number of nitrogens with one attached hydrogen (secondary N) is 1. The number of pyridine rings is 1. The molecule has 0 atom stereocenters. The number of methoxy groups -OCH3 is 1. The standard InChI is InChI=1S/C17H21ClN4O/c1-17(2,12-5-4-8-20-10-12)11-21-16(19)22-13-6-7-15(23-3)14(18)9-13/h4-10H,11H2,1-3H3,(H3,19,21,22). The molecule has 0 aliphatic rings. The maximum Gasteiger partial charge on any atom is 0.193 e. The van der Waals surface area contributed by atoms with Crippen LogP contribution in [0, 0.1) is 0 Å². The van der Waals surface area contributed by atoms with Crippen LogP contribution in [0.25, 0.3) is 0 Å². The zero-order valence-corrected chi connectivity index (χ0v) is 14.3. The Labute approximate surface area is 141 Å². The number of halogens is 1. The van der Waals surface area contributed by atoms with E-state index < -0.39 is 0 Å². The van der Waals surface area contributed by atoms with Crippen LogP contribution in [0.15, 0.2) is 47.7 Å². The van der Waals surface area contributed by atoms with Crippen molar-refractivity contribution in [3.05, 3.63) is 53.3 Å². The largest absolute Gasteiger partial charge is 0.495 e. The van der Waals surface area contributed by atoms with Gasteiger partial charge in [-0.05, 0) is 29.8 Å². The molecule has 0 saturated carbocycles. The molecular formula is C17H21ClN4O. The van der Waals surface area contributed by atoms with Crippen LogP contribution in [0.4, 0.5) is 5.69 Å². The monoisotopic (exact) mass is 332 g/mol. The predicted octanol–water partition coefficient (Wildman–Crippen LogP) is 3.45. The summed E-state index contributed by atoms with van der Waals surface area (Å²) in [5.41, 5.74) is 7.68. The van der Waals surface area contributed by atoms with E-state index in [1.807, 2.05) is 24.4 Å². The molecule has 0 aliphatic heterocycles. The highest BCUT2D eigenvalue weighted by Gasteiger charge is 2.20. The van der Waals surface area contributed by atoms with E-state index >= 15 is 0 Å². The van der Waals surface area contributed by atoms with Gasteiger partial charge in [-0.25, -0.2) is 0 Å². The van der Waals surface area contributed by atoms with Gasteiger partial charge >= 0.3 is 0 Å². The topological polar surface area (TPSA) is 72.5 Å². The zero-order chi connectivity index (χ0) is 16.9. The molecule has 0 amide bonds. The van der Waals surface area contributed by atoms with Crippen molar-refractivity contribution in [2.45, 2.75) is 19.3 Å². The van der Waals surface area contributed by atoms with E-state index in [1.165, 1.54) is 0 Å². The summed E-state index contributed by atoms with van der Waals surface area (Å²) in [5.74, 6) is 0.952. The lowest BCUT2D eigenvalue weighted by Crippen LogP contribution is -2.27. The van der Waals surface area contributed by atoms with Gasteiger partial charge in [0.25, 0.3) is 0 Å². The number of anilines is 1. The molecule has 1 heterocycles. The van der Waals surface area contributed by atoms with Gasteiger partial charge in [-0.3, -0.25) is 9.98 Å². The fourth-order valence-electron chi connectivity index (χ4n) is 2.07. The van der Waals surface area contributed by atoms with E-state index in [4.69, 9.17) is 22.1 Å². The summed E-state index contributed by atoms with van der Waals surface area (Å²) in [6.07, 6.45) is 3.61. The minimum atomic E-state index is -0.155. The molecule has 0 fully saturated rings. The highest BCUT2D eigenvalue weighted by Crippen LogP contribution is 2.27. The molecule has 2 rings (SSSR count). The van der Waals surface area contributed by atoms with Crippen LogP contribution < -0.4 is 15.8 Å². The number of guanidine groups is 1. The van der Waals surface area contributed by atoms with E-state index in [0.29, 0.717) is 23.3 Å². The molecule has 23 heavy (non-hydrogen) atoms. The fourth-order valence-corrected chi connectivity index (χ4v) is 2.33. The number of rotatable bonds is 5. The molecule has 6 heteroatoms. The number of aromatic nitrogens is 1. The Morgan fingerprint density at radius 3 is 2.78 bits per heavy atom. The van der Waals surface area contributed by atoms with Crippen LogP contribution in [-0.2, 0) is 5.41 Å². The van der Waals surface area contributed by atoms with E-state index in [-0.39, 0.29) is 5.41 Å². The average molecular weight is 333 g/mol. The third-order valence-electron chi connectivity index (χ3n) is 3.51. The number of benzene rings is 1. The average Bonchev–Trinajstić information content (AvgIpc) is 2.54. The summed E-state index contributed by atoms with van der Waals surface area (Å²) in [5, 5.41) is 3.55. The van der Waals surface area contributed by atoms with Gasteiger partial charge in [-0.1, -0.05) is 31.5 Å². The van der Waals surface area contributed by atoms with Crippen LogP contribution in [0.1, 0.15) is 19.4 Å². The first-order valence-corrected chi connectivity index (χ1v) is 7.61. The van der Waals surface area contributed by atoms with Crippen molar-refractivity contribution in [2.24, 2.45) is 10.7 Å². The second-order valence-electron chi connectivity index (χ2n) is 5.80. The SMILES string of the molecule is COc1ccc(NC(N)=NCC(C)(C)c2cccnc2)cc1Cl. The summed E-state index contributed by atoms with van der Waals surface area (Å²) in [6, 6.07) is 9.31. The summed E-state index contributed by atoms with van der Waals surface area (Å²) >= 11 is 6.09. The van der Waals surface area contributed by atoms with Gasteiger partial charge in [-0.15, -0.1) is 0 Å². The minimum Gasteiger partial charge on any atom is -0.495 e. The quantitative estimate of drug-likeness (QED) is 0.649. The molecule has 2 aromatic rings. The molecule has 3 N–H and O–H groups in total. The maximum absolute atomic E-state index is 6.09. The molecular weight excluding hydrogens is 312 g/mol. The third-order valence-corrected chi connectivity index (χ3v) is 3.81. The van der Waals surface area contributed by atoms with E-state index in [0.717, 1.165) is 11.3 Å². The number of nitrogens with zero attached hydrogens (tertiary/aromatic N) is 2. The van der Waals surface area contributed by atoms with E-state index in [1.54, 1.807) is 25.4 Å². The lowest BCUT2D eigenvalue weighted by Gasteiger charge is -2.22. The lowest BCUT2D eigenvalue weighted by atomic mass is 9.86. The Kier molecular flexibility index (Phi) is 5.45. The molecule has 0 radical (unpaired) electrons. The van der Waals surface area contributed by atoms with Crippen molar-refractivity contribution in [1.29, 1.82) is 0 Å². The van der Waals surface area contributed by atoms with Gasteiger partial charge in [-0.2, -0.15) is 0 Å². The number of hydrogen-bond acceptors (Lipinski definition) is 3. The van der Waals surface area contributed by atoms with Gasteiger partial charge < -0.3 is 15.8 Å². The first kappa shape index (κ1) is 17.1. The second-order valence-corrected chi connectivity index (χ2v) is 6.21. The van der Waals surface area contributed by atoms with Crippen LogP contribution in [0.3, 0.4) is 0 Å². The van der Waals surface area contributed by atoms with Crippen molar-refractivity contribution in [1.82, 2.24) is 4.98 Å². The van der Waals surface area contributed by atoms with Crippen LogP contribution in [0.5, 0.6) is 5.75 Å². The Balaban J connectivity index is 2.04. The summed E-state index contributed by atoms with van der Waals surface area (Å²) in [4.78, 5) is 8.57. The number of hydrogen-bond donors (Lipinski definition) is 2. The minimum absolute atomic E-state index is 0.155. The summed E-state index contributed by atoms with van der Waals surface area (Å²) in [6.45, 7) is 4.75. The van der Waals surface area contributed by atoms with Crippen LogP contribution >= 0.6 is 11.6 Å². The van der Waals surface area contributed by atoms with Crippen molar-refractivity contribution in [2.75, 3.05) is 19.0 Å². The first-order chi connectivity index (χ1) is 10.9. The maximum atomic E-state index is 6.09. The van der Waals surface area contributed by atoms with Gasteiger partial charge in [0.15, 0.2) is 5.96 Å². The van der Waals surface area contributed by atoms with E-state index in [2.05, 4.69) is 29.1 Å². The molecule has 1 aromatic carbocycles. The third kappa shape index (κ3) is 4.60. The van der Waals surface area contributed by atoms with Crippen molar-refractivity contribution in [3.8, 4) is 5.75 Å². The molecule has 0 unspecified atom stereocenters. The van der Waals surface area contributed by atoms with E-state index in [9.17, 15) is 0 Å². The molecule has 122 valence electrons. The molecule has 0 spiro atoms. The molecule has 5 nitrogen and oxygen atoms in total. The predicted molar refractivity (Wildman–Crippen MR) is 95.4 cm³/mol.